The first-order chi connectivity index (χ1) is 7.69. The summed E-state index contributed by atoms with van der Waals surface area (Å²) in [6, 6.07) is 0.0408. The van der Waals surface area contributed by atoms with E-state index in [0.29, 0.717) is 32.7 Å². The van der Waals surface area contributed by atoms with E-state index in [1.165, 1.54) is 0 Å². The van der Waals surface area contributed by atoms with Crippen LogP contribution in [0.25, 0.3) is 0 Å². The number of nitrogens with zero attached hydrogens (tertiary/aromatic N) is 1. The molecule has 2 N–H and O–H groups in total. The molecule has 0 aromatic rings. The molecule has 0 aromatic heterocycles. The summed E-state index contributed by atoms with van der Waals surface area (Å²) in [7, 11) is 1.66. The van der Waals surface area contributed by atoms with Gasteiger partial charge in [-0.15, -0.1) is 0 Å². The van der Waals surface area contributed by atoms with Gasteiger partial charge in [-0.05, 0) is 13.3 Å². The van der Waals surface area contributed by atoms with Crippen molar-refractivity contribution < 1.29 is 14.3 Å². The topological polar surface area (TPSA) is 64.8 Å². The molecule has 1 amide bonds. The first-order valence-electron chi connectivity index (χ1n) is 5.79. The summed E-state index contributed by atoms with van der Waals surface area (Å²) in [5, 5.41) is 0. The molecule has 0 aromatic carbocycles. The fraction of sp³-hybridized carbons (Fsp3) is 0.909. The van der Waals surface area contributed by atoms with Gasteiger partial charge in [0.25, 0.3) is 0 Å². The molecule has 1 fully saturated rings. The second-order valence-electron chi connectivity index (χ2n) is 4.14. The molecule has 1 aliphatic heterocycles. The summed E-state index contributed by atoms with van der Waals surface area (Å²) in [4.78, 5) is 13.8. The molecule has 16 heavy (non-hydrogen) atoms. The lowest BCUT2D eigenvalue weighted by atomic mass is 10.1. The highest BCUT2D eigenvalue weighted by molar-refractivity contribution is 5.76. The maximum Gasteiger partial charge on any atom is 0.223 e. The second-order valence-corrected chi connectivity index (χ2v) is 4.14. The summed E-state index contributed by atoms with van der Waals surface area (Å²) in [5.74, 6) is 0.155. The van der Waals surface area contributed by atoms with Crippen molar-refractivity contribution in [1.29, 1.82) is 0 Å². The van der Waals surface area contributed by atoms with Gasteiger partial charge < -0.3 is 20.1 Å². The third-order valence-electron chi connectivity index (χ3n) is 2.99. The zero-order valence-electron chi connectivity index (χ0n) is 10.1. The van der Waals surface area contributed by atoms with Gasteiger partial charge in [0, 0.05) is 26.6 Å². The standard InChI is InChI=1S/C11H22N2O3/c1-9(15-2)3-4-11(14)13-5-6-16-8-10(13)7-12/h9-10H,3-8,12H2,1-2H3. The van der Waals surface area contributed by atoms with E-state index in [4.69, 9.17) is 15.2 Å². The zero-order valence-corrected chi connectivity index (χ0v) is 10.1. The fourth-order valence-electron chi connectivity index (χ4n) is 1.77. The molecule has 1 aliphatic rings. The smallest absolute Gasteiger partial charge is 0.223 e. The van der Waals surface area contributed by atoms with E-state index in [9.17, 15) is 4.79 Å². The van der Waals surface area contributed by atoms with Crippen molar-refractivity contribution in [2.45, 2.75) is 31.9 Å². The van der Waals surface area contributed by atoms with Crippen LogP contribution < -0.4 is 5.73 Å². The molecule has 5 nitrogen and oxygen atoms in total. The average molecular weight is 230 g/mol. The highest BCUT2D eigenvalue weighted by Crippen LogP contribution is 2.10. The predicted molar refractivity (Wildman–Crippen MR) is 61.1 cm³/mol. The SMILES string of the molecule is COC(C)CCC(=O)N1CCOCC1CN. The zero-order chi connectivity index (χ0) is 12.0. The highest BCUT2D eigenvalue weighted by atomic mass is 16.5. The van der Waals surface area contributed by atoms with Crippen LogP contribution in [0, 0.1) is 0 Å². The van der Waals surface area contributed by atoms with E-state index in [2.05, 4.69) is 0 Å². The number of ether oxygens (including phenoxy) is 2. The quantitative estimate of drug-likeness (QED) is 0.721. The van der Waals surface area contributed by atoms with Crippen molar-refractivity contribution in [3.05, 3.63) is 0 Å². The molecule has 0 saturated carbocycles. The molecule has 94 valence electrons. The van der Waals surface area contributed by atoms with Crippen molar-refractivity contribution in [3.8, 4) is 0 Å². The van der Waals surface area contributed by atoms with Crippen LogP contribution in [0.1, 0.15) is 19.8 Å². The third-order valence-corrected chi connectivity index (χ3v) is 2.99. The van der Waals surface area contributed by atoms with Gasteiger partial charge in [-0.2, -0.15) is 0 Å². The minimum atomic E-state index is 0.0408. The van der Waals surface area contributed by atoms with Crippen LogP contribution in [0.4, 0.5) is 0 Å². The molecule has 1 heterocycles. The monoisotopic (exact) mass is 230 g/mol. The third kappa shape index (κ3) is 3.73. The lowest BCUT2D eigenvalue weighted by Gasteiger charge is -2.35. The van der Waals surface area contributed by atoms with Crippen molar-refractivity contribution in [2.24, 2.45) is 5.73 Å². The Morgan fingerprint density at radius 2 is 2.44 bits per heavy atom. The first-order valence-corrected chi connectivity index (χ1v) is 5.79. The van der Waals surface area contributed by atoms with Crippen LogP contribution in [0.3, 0.4) is 0 Å². The maximum absolute atomic E-state index is 11.9. The number of carbonyl (C=O) groups excluding carboxylic acids is 1. The van der Waals surface area contributed by atoms with E-state index in [1.54, 1.807) is 7.11 Å². The van der Waals surface area contributed by atoms with Gasteiger partial charge in [0.05, 0.1) is 25.4 Å². The Labute approximate surface area is 96.9 Å². The number of rotatable bonds is 5. The minimum Gasteiger partial charge on any atom is -0.382 e. The number of hydrogen-bond donors (Lipinski definition) is 1. The lowest BCUT2D eigenvalue weighted by molar-refractivity contribution is -0.140. The number of amides is 1. The summed E-state index contributed by atoms with van der Waals surface area (Å²) in [6.45, 7) is 4.25. The first kappa shape index (κ1) is 13.4. The Morgan fingerprint density at radius 3 is 3.06 bits per heavy atom. The summed E-state index contributed by atoms with van der Waals surface area (Å²) >= 11 is 0. The molecular weight excluding hydrogens is 208 g/mol. The molecule has 0 bridgehead atoms. The summed E-state index contributed by atoms with van der Waals surface area (Å²) in [6.07, 6.45) is 1.40. The summed E-state index contributed by atoms with van der Waals surface area (Å²) in [5.41, 5.74) is 5.61. The summed E-state index contributed by atoms with van der Waals surface area (Å²) < 4.78 is 10.4. The van der Waals surface area contributed by atoms with Gasteiger partial charge >= 0.3 is 0 Å². The largest absolute Gasteiger partial charge is 0.382 e. The Balaban J connectivity index is 2.38. The second kappa shape index (κ2) is 6.83. The molecule has 2 atom stereocenters. The molecular formula is C11H22N2O3. The van der Waals surface area contributed by atoms with E-state index in [1.807, 2.05) is 11.8 Å². The molecule has 1 rings (SSSR count). The number of morpholine rings is 1. The molecule has 2 unspecified atom stereocenters. The van der Waals surface area contributed by atoms with E-state index < -0.39 is 0 Å². The van der Waals surface area contributed by atoms with Crippen LogP contribution >= 0.6 is 0 Å². The molecule has 0 radical (unpaired) electrons. The van der Waals surface area contributed by atoms with Gasteiger partial charge in [-0.3, -0.25) is 4.79 Å². The van der Waals surface area contributed by atoms with Gasteiger partial charge in [0.1, 0.15) is 0 Å². The number of hydrogen-bond acceptors (Lipinski definition) is 4. The molecule has 5 heteroatoms. The Bertz CT molecular complexity index is 223. The lowest BCUT2D eigenvalue weighted by Crippen LogP contribution is -2.52. The van der Waals surface area contributed by atoms with Crippen LogP contribution in [0.5, 0.6) is 0 Å². The van der Waals surface area contributed by atoms with Crippen molar-refractivity contribution >= 4 is 5.91 Å². The Kier molecular flexibility index (Phi) is 5.73. The molecule has 0 spiro atoms. The minimum absolute atomic E-state index is 0.0408. The van der Waals surface area contributed by atoms with Crippen LogP contribution in [0.15, 0.2) is 0 Å². The number of methoxy groups -OCH3 is 1. The fourth-order valence-corrected chi connectivity index (χ4v) is 1.77. The highest BCUT2D eigenvalue weighted by Gasteiger charge is 2.25. The van der Waals surface area contributed by atoms with Crippen LogP contribution in [-0.4, -0.2) is 56.4 Å². The maximum atomic E-state index is 11.9. The van der Waals surface area contributed by atoms with Gasteiger partial charge in [-0.1, -0.05) is 0 Å². The van der Waals surface area contributed by atoms with Crippen molar-refractivity contribution in [3.63, 3.8) is 0 Å². The van der Waals surface area contributed by atoms with E-state index in [-0.39, 0.29) is 18.1 Å². The normalized spacial score (nSPS) is 23.2. The predicted octanol–water partition coefficient (Wildman–Crippen LogP) is -0.0124. The number of carbonyl (C=O) groups is 1. The van der Waals surface area contributed by atoms with E-state index >= 15 is 0 Å². The Morgan fingerprint density at radius 1 is 1.69 bits per heavy atom. The van der Waals surface area contributed by atoms with Crippen molar-refractivity contribution in [2.75, 3.05) is 33.4 Å². The average Bonchev–Trinajstić information content (AvgIpc) is 2.35. The van der Waals surface area contributed by atoms with E-state index in [0.717, 1.165) is 6.42 Å². The van der Waals surface area contributed by atoms with Gasteiger partial charge in [-0.25, -0.2) is 0 Å². The van der Waals surface area contributed by atoms with Crippen LogP contribution in [-0.2, 0) is 14.3 Å². The van der Waals surface area contributed by atoms with Crippen LogP contribution in [0.2, 0.25) is 0 Å². The number of nitrogens with two attached hydrogens (primary N) is 1. The van der Waals surface area contributed by atoms with Crippen molar-refractivity contribution in [1.82, 2.24) is 4.90 Å². The van der Waals surface area contributed by atoms with Gasteiger partial charge in [0.2, 0.25) is 5.91 Å². The Hall–Kier alpha value is -0.650. The van der Waals surface area contributed by atoms with Gasteiger partial charge in [0.15, 0.2) is 0 Å². The molecule has 0 aliphatic carbocycles. The molecule has 1 saturated heterocycles.